The number of ether oxygens (including phenoxy) is 1. The summed E-state index contributed by atoms with van der Waals surface area (Å²) in [5.41, 5.74) is 1.23. The van der Waals surface area contributed by atoms with Gasteiger partial charge in [-0.3, -0.25) is 4.90 Å². The van der Waals surface area contributed by atoms with E-state index < -0.39 is 0 Å². The van der Waals surface area contributed by atoms with Gasteiger partial charge in [0.2, 0.25) is 0 Å². The summed E-state index contributed by atoms with van der Waals surface area (Å²) < 4.78 is 5.12. The molecule has 0 radical (unpaired) electrons. The van der Waals surface area contributed by atoms with Gasteiger partial charge >= 0.3 is 0 Å². The van der Waals surface area contributed by atoms with Gasteiger partial charge in [0.25, 0.3) is 0 Å². The molecule has 0 aliphatic rings. The maximum absolute atomic E-state index is 9.80. The Morgan fingerprint density at radius 3 is 2.29 bits per heavy atom. The van der Waals surface area contributed by atoms with Crippen LogP contribution in [0.15, 0.2) is 24.3 Å². The molecule has 0 aromatic heterocycles. The fourth-order valence-electron chi connectivity index (χ4n) is 1.64. The number of methoxy groups -OCH3 is 1. The molecule has 1 N–H and O–H groups in total. The molecule has 1 unspecified atom stereocenters. The van der Waals surface area contributed by atoms with E-state index in [1.165, 1.54) is 5.56 Å². The number of aliphatic hydroxyl groups excluding tert-OH is 1. The lowest BCUT2D eigenvalue weighted by molar-refractivity contribution is 0.0838. The summed E-state index contributed by atoms with van der Waals surface area (Å²) in [4.78, 5) is 2.13. The first-order valence-corrected chi connectivity index (χ1v) is 6.02. The van der Waals surface area contributed by atoms with Crippen molar-refractivity contribution in [3.05, 3.63) is 29.8 Å². The first-order chi connectivity index (χ1) is 8.02. The van der Waals surface area contributed by atoms with Crippen LogP contribution in [0, 0.1) is 5.92 Å². The lowest BCUT2D eigenvalue weighted by Gasteiger charge is -2.22. The van der Waals surface area contributed by atoms with E-state index in [2.05, 4.69) is 17.0 Å². The molecule has 1 rings (SSSR count). The smallest absolute Gasteiger partial charge is 0.118 e. The summed E-state index contributed by atoms with van der Waals surface area (Å²) in [6, 6.07) is 8.03. The second-order valence-corrected chi connectivity index (χ2v) is 4.86. The average molecular weight is 237 g/mol. The number of benzene rings is 1. The zero-order valence-corrected chi connectivity index (χ0v) is 11.2. The Labute approximate surface area is 104 Å². The predicted octanol–water partition coefficient (Wildman–Crippen LogP) is 2.14. The van der Waals surface area contributed by atoms with Gasteiger partial charge in [-0.1, -0.05) is 26.0 Å². The van der Waals surface area contributed by atoms with Crippen LogP contribution in [-0.2, 0) is 6.54 Å². The van der Waals surface area contributed by atoms with Gasteiger partial charge in [0.1, 0.15) is 5.75 Å². The molecule has 0 bridgehead atoms. The highest BCUT2D eigenvalue weighted by atomic mass is 16.5. The Bertz CT molecular complexity index is 321. The van der Waals surface area contributed by atoms with Crippen molar-refractivity contribution in [1.82, 2.24) is 4.90 Å². The zero-order valence-electron chi connectivity index (χ0n) is 11.2. The molecule has 0 aliphatic heterocycles. The Morgan fingerprint density at radius 1 is 1.24 bits per heavy atom. The van der Waals surface area contributed by atoms with E-state index in [1.54, 1.807) is 7.11 Å². The summed E-state index contributed by atoms with van der Waals surface area (Å²) >= 11 is 0. The molecule has 0 fully saturated rings. The van der Waals surface area contributed by atoms with Crippen molar-refractivity contribution in [3.63, 3.8) is 0 Å². The molecule has 1 aromatic rings. The summed E-state index contributed by atoms with van der Waals surface area (Å²) in [6.07, 6.45) is -0.266. The fourth-order valence-corrected chi connectivity index (χ4v) is 1.64. The molecule has 0 saturated carbocycles. The van der Waals surface area contributed by atoms with Gasteiger partial charge in [-0.25, -0.2) is 0 Å². The van der Waals surface area contributed by atoms with Crippen molar-refractivity contribution < 1.29 is 9.84 Å². The van der Waals surface area contributed by atoms with Crippen LogP contribution < -0.4 is 4.74 Å². The molecule has 96 valence electrons. The van der Waals surface area contributed by atoms with Gasteiger partial charge < -0.3 is 9.84 Å². The molecular formula is C14H23NO2. The van der Waals surface area contributed by atoms with Gasteiger partial charge in [-0.15, -0.1) is 0 Å². The van der Waals surface area contributed by atoms with Gasteiger partial charge in [0.15, 0.2) is 0 Å². The van der Waals surface area contributed by atoms with E-state index in [0.29, 0.717) is 12.5 Å². The minimum atomic E-state index is -0.266. The topological polar surface area (TPSA) is 32.7 Å². The maximum Gasteiger partial charge on any atom is 0.118 e. The van der Waals surface area contributed by atoms with Crippen molar-refractivity contribution >= 4 is 0 Å². The summed E-state index contributed by atoms with van der Waals surface area (Å²) in [6.45, 7) is 5.61. The second-order valence-electron chi connectivity index (χ2n) is 4.86. The highest BCUT2D eigenvalue weighted by molar-refractivity contribution is 5.27. The van der Waals surface area contributed by atoms with Gasteiger partial charge in [0.05, 0.1) is 13.2 Å². The number of hydrogen-bond donors (Lipinski definition) is 1. The molecule has 0 saturated heterocycles. The number of hydrogen-bond acceptors (Lipinski definition) is 3. The monoisotopic (exact) mass is 237 g/mol. The number of likely N-dealkylation sites (N-methyl/N-ethyl adjacent to an activating group) is 1. The molecule has 1 aromatic carbocycles. The standard InChI is InChI=1S/C14H23NO2/c1-11(2)14(16)10-15(3)9-12-5-7-13(17-4)8-6-12/h5-8,11,14,16H,9-10H2,1-4H3. The molecule has 0 heterocycles. The van der Waals surface area contributed by atoms with Crippen LogP contribution in [-0.4, -0.2) is 36.8 Å². The van der Waals surface area contributed by atoms with Crippen molar-refractivity contribution in [2.45, 2.75) is 26.5 Å². The number of rotatable bonds is 6. The summed E-state index contributed by atoms with van der Waals surface area (Å²) in [5.74, 6) is 1.17. The first kappa shape index (κ1) is 14.0. The van der Waals surface area contributed by atoms with Crippen LogP contribution in [0.1, 0.15) is 19.4 Å². The van der Waals surface area contributed by atoms with E-state index in [1.807, 2.05) is 33.0 Å². The summed E-state index contributed by atoms with van der Waals surface area (Å²) in [7, 11) is 3.69. The van der Waals surface area contributed by atoms with E-state index in [-0.39, 0.29) is 6.10 Å². The Kier molecular flexibility index (Phi) is 5.45. The zero-order chi connectivity index (χ0) is 12.8. The van der Waals surface area contributed by atoms with Gasteiger partial charge in [0, 0.05) is 13.1 Å². The van der Waals surface area contributed by atoms with Gasteiger partial charge in [-0.05, 0) is 30.7 Å². The van der Waals surface area contributed by atoms with E-state index in [0.717, 1.165) is 12.3 Å². The lowest BCUT2D eigenvalue weighted by atomic mass is 10.1. The third-order valence-electron chi connectivity index (χ3n) is 2.88. The van der Waals surface area contributed by atoms with Crippen LogP contribution in [0.3, 0.4) is 0 Å². The lowest BCUT2D eigenvalue weighted by Crippen LogP contribution is -2.31. The van der Waals surface area contributed by atoms with Crippen molar-refractivity contribution in [2.24, 2.45) is 5.92 Å². The second kappa shape index (κ2) is 6.62. The number of aliphatic hydroxyl groups is 1. The third kappa shape index (κ3) is 4.75. The van der Waals surface area contributed by atoms with Crippen molar-refractivity contribution in [3.8, 4) is 5.75 Å². The maximum atomic E-state index is 9.80. The Morgan fingerprint density at radius 2 is 1.82 bits per heavy atom. The SMILES string of the molecule is COc1ccc(CN(C)CC(O)C(C)C)cc1. The molecular weight excluding hydrogens is 214 g/mol. The van der Waals surface area contributed by atoms with E-state index in [4.69, 9.17) is 4.74 Å². The molecule has 0 amide bonds. The van der Waals surface area contributed by atoms with E-state index >= 15 is 0 Å². The normalized spacial score (nSPS) is 13.1. The fraction of sp³-hybridized carbons (Fsp3) is 0.571. The minimum absolute atomic E-state index is 0.266. The van der Waals surface area contributed by atoms with Crippen LogP contribution in [0.2, 0.25) is 0 Å². The molecule has 0 aliphatic carbocycles. The van der Waals surface area contributed by atoms with Crippen LogP contribution in [0.4, 0.5) is 0 Å². The van der Waals surface area contributed by atoms with Crippen molar-refractivity contribution in [1.29, 1.82) is 0 Å². The summed E-state index contributed by atoms with van der Waals surface area (Å²) in [5, 5.41) is 9.80. The van der Waals surface area contributed by atoms with Crippen molar-refractivity contribution in [2.75, 3.05) is 20.7 Å². The average Bonchev–Trinajstić information content (AvgIpc) is 2.29. The molecule has 3 nitrogen and oxygen atoms in total. The van der Waals surface area contributed by atoms with Crippen LogP contribution in [0.25, 0.3) is 0 Å². The van der Waals surface area contributed by atoms with Crippen LogP contribution >= 0.6 is 0 Å². The Balaban J connectivity index is 2.47. The predicted molar refractivity (Wildman–Crippen MR) is 70.2 cm³/mol. The quantitative estimate of drug-likeness (QED) is 0.823. The molecule has 17 heavy (non-hydrogen) atoms. The highest BCUT2D eigenvalue weighted by Gasteiger charge is 2.12. The molecule has 3 heteroatoms. The molecule has 1 atom stereocenters. The van der Waals surface area contributed by atoms with Gasteiger partial charge in [-0.2, -0.15) is 0 Å². The minimum Gasteiger partial charge on any atom is -0.497 e. The number of nitrogens with zero attached hydrogens (tertiary/aromatic N) is 1. The molecule has 0 spiro atoms. The van der Waals surface area contributed by atoms with Crippen LogP contribution in [0.5, 0.6) is 5.75 Å². The first-order valence-electron chi connectivity index (χ1n) is 6.02. The Hall–Kier alpha value is -1.06. The van der Waals surface area contributed by atoms with E-state index in [9.17, 15) is 5.11 Å². The third-order valence-corrected chi connectivity index (χ3v) is 2.88. The highest BCUT2D eigenvalue weighted by Crippen LogP contribution is 2.13. The largest absolute Gasteiger partial charge is 0.497 e.